The standard InChI is InChI=1S/C12H9BrN2O/c1-8-9(4-3-7-14-8)12(16)10-5-2-6-11(13)15-10/h2-7H,1H3. The van der Waals surface area contributed by atoms with Gasteiger partial charge in [-0.2, -0.15) is 0 Å². The summed E-state index contributed by atoms with van der Waals surface area (Å²) in [4.78, 5) is 20.3. The Bertz CT molecular complexity index is 540. The van der Waals surface area contributed by atoms with Crippen molar-refractivity contribution in [2.75, 3.05) is 0 Å². The van der Waals surface area contributed by atoms with Crippen molar-refractivity contribution in [1.29, 1.82) is 0 Å². The number of carbonyl (C=O) groups is 1. The first-order valence-corrected chi connectivity index (χ1v) is 5.56. The molecule has 0 amide bonds. The van der Waals surface area contributed by atoms with Crippen molar-refractivity contribution >= 4 is 21.7 Å². The van der Waals surface area contributed by atoms with Gasteiger partial charge in [-0.15, -0.1) is 0 Å². The monoisotopic (exact) mass is 276 g/mol. The number of nitrogens with zero attached hydrogens (tertiary/aromatic N) is 2. The van der Waals surface area contributed by atoms with Gasteiger partial charge in [0.05, 0.1) is 0 Å². The van der Waals surface area contributed by atoms with Crippen molar-refractivity contribution in [3.8, 4) is 0 Å². The third-order valence-corrected chi connectivity index (χ3v) is 2.64. The van der Waals surface area contributed by atoms with Gasteiger partial charge in [0.1, 0.15) is 10.3 Å². The molecule has 0 aliphatic rings. The molecule has 2 rings (SSSR count). The fraction of sp³-hybridized carbons (Fsp3) is 0.0833. The summed E-state index contributed by atoms with van der Waals surface area (Å²) in [5.74, 6) is -0.105. The van der Waals surface area contributed by atoms with E-state index in [-0.39, 0.29) is 5.78 Å². The van der Waals surface area contributed by atoms with E-state index in [4.69, 9.17) is 0 Å². The normalized spacial score (nSPS) is 10.1. The second-order valence-corrected chi connectivity index (χ2v) is 4.12. The minimum atomic E-state index is -0.105. The lowest BCUT2D eigenvalue weighted by Gasteiger charge is -2.03. The van der Waals surface area contributed by atoms with Crippen LogP contribution in [0.1, 0.15) is 21.7 Å². The molecular weight excluding hydrogens is 268 g/mol. The Balaban J connectivity index is 2.44. The van der Waals surface area contributed by atoms with Crippen LogP contribution in [-0.2, 0) is 0 Å². The summed E-state index contributed by atoms with van der Waals surface area (Å²) in [6, 6.07) is 8.77. The number of hydrogen-bond donors (Lipinski definition) is 0. The number of aromatic nitrogens is 2. The largest absolute Gasteiger partial charge is 0.287 e. The molecule has 0 saturated carbocycles. The molecule has 0 unspecified atom stereocenters. The van der Waals surface area contributed by atoms with Crippen LogP contribution in [0.15, 0.2) is 41.1 Å². The minimum absolute atomic E-state index is 0.105. The van der Waals surface area contributed by atoms with E-state index in [1.54, 1.807) is 36.5 Å². The van der Waals surface area contributed by atoms with Crippen LogP contribution in [0, 0.1) is 6.92 Å². The molecule has 0 aliphatic heterocycles. The predicted octanol–water partition coefficient (Wildman–Crippen LogP) is 2.78. The van der Waals surface area contributed by atoms with E-state index in [9.17, 15) is 4.79 Å². The van der Waals surface area contributed by atoms with Crippen LogP contribution in [0.25, 0.3) is 0 Å². The highest BCUT2D eigenvalue weighted by atomic mass is 79.9. The highest BCUT2D eigenvalue weighted by Crippen LogP contribution is 2.12. The molecule has 80 valence electrons. The Morgan fingerprint density at radius 2 is 2.06 bits per heavy atom. The fourth-order valence-electron chi connectivity index (χ4n) is 1.40. The quantitative estimate of drug-likeness (QED) is 0.626. The number of halogens is 1. The lowest BCUT2D eigenvalue weighted by molar-refractivity contribution is 0.103. The van der Waals surface area contributed by atoms with Crippen LogP contribution in [0.4, 0.5) is 0 Å². The third kappa shape index (κ3) is 2.17. The molecule has 0 atom stereocenters. The average Bonchev–Trinajstić information content (AvgIpc) is 2.29. The number of ketones is 1. The lowest BCUT2D eigenvalue weighted by atomic mass is 10.1. The molecule has 2 aromatic heterocycles. The van der Waals surface area contributed by atoms with Crippen molar-refractivity contribution in [2.45, 2.75) is 6.92 Å². The molecule has 4 heteroatoms. The van der Waals surface area contributed by atoms with Crippen LogP contribution in [0.5, 0.6) is 0 Å². The van der Waals surface area contributed by atoms with Crippen molar-refractivity contribution < 1.29 is 4.79 Å². The zero-order valence-electron chi connectivity index (χ0n) is 8.64. The van der Waals surface area contributed by atoms with Crippen LogP contribution in [-0.4, -0.2) is 15.8 Å². The summed E-state index contributed by atoms with van der Waals surface area (Å²) in [5, 5.41) is 0. The molecule has 3 nitrogen and oxygen atoms in total. The van der Waals surface area contributed by atoms with Gasteiger partial charge in [0.25, 0.3) is 0 Å². The molecule has 0 aromatic carbocycles. The van der Waals surface area contributed by atoms with Crippen molar-refractivity contribution in [3.05, 3.63) is 58.1 Å². The van der Waals surface area contributed by atoms with E-state index in [0.717, 1.165) is 0 Å². The third-order valence-electron chi connectivity index (χ3n) is 2.20. The van der Waals surface area contributed by atoms with Gasteiger partial charge in [0.2, 0.25) is 5.78 Å². The molecule has 16 heavy (non-hydrogen) atoms. The maximum absolute atomic E-state index is 12.1. The van der Waals surface area contributed by atoms with E-state index in [1.165, 1.54) is 0 Å². The molecule has 0 radical (unpaired) electrons. The summed E-state index contributed by atoms with van der Waals surface area (Å²) >= 11 is 3.24. The zero-order chi connectivity index (χ0) is 11.5. The maximum atomic E-state index is 12.1. The Labute approximate surface area is 102 Å². The fourth-order valence-corrected chi connectivity index (χ4v) is 1.74. The van der Waals surface area contributed by atoms with Crippen molar-refractivity contribution in [3.63, 3.8) is 0 Å². The SMILES string of the molecule is Cc1ncccc1C(=O)c1cccc(Br)n1. The second kappa shape index (κ2) is 4.53. The van der Waals surface area contributed by atoms with Gasteiger partial charge in [-0.1, -0.05) is 6.07 Å². The van der Waals surface area contributed by atoms with Gasteiger partial charge in [-0.25, -0.2) is 4.98 Å². The predicted molar refractivity (Wildman–Crippen MR) is 64.3 cm³/mol. The Morgan fingerprint density at radius 1 is 1.25 bits per heavy atom. The van der Waals surface area contributed by atoms with Gasteiger partial charge >= 0.3 is 0 Å². The first-order valence-electron chi connectivity index (χ1n) is 4.77. The molecule has 0 N–H and O–H groups in total. The molecule has 2 aromatic rings. The van der Waals surface area contributed by atoms with Gasteiger partial charge in [0, 0.05) is 17.5 Å². The Hall–Kier alpha value is -1.55. The summed E-state index contributed by atoms with van der Waals surface area (Å²) in [6.45, 7) is 1.81. The summed E-state index contributed by atoms with van der Waals surface area (Å²) in [7, 11) is 0. The summed E-state index contributed by atoms with van der Waals surface area (Å²) in [5.41, 5.74) is 1.73. The molecule has 0 fully saturated rings. The van der Waals surface area contributed by atoms with Gasteiger partial charge < -0.3 is 0 Å². The van der Waals surface area contributed by atoms with Crippen LogP contribution >= 0.6 is 15.9 Å². The first kappa shape index (κ1) is 11.0. The number of hydrogen-bond acceptors (Lipinski definition) is 3. The lowest BCUT2D eigenvalue weighted by Crippen LogP contribution is -2.06. The number of rotatable bonds is 2. The minimum Gasteiger partial charge on any atom is -0.287 e. The van der Waals surface area contributed by atoms with Gasteiger partial charge in [-0.05, 0) is 47.1 Å². The average molecular weight is 277 g/mol. The van der Waals surface area contributed by atoms with E-state index in [2.05, 4.69) is 25.9 Å². The first-order chi connectivity index (χ1) is 7.68. The second-order valence-electron chi connectivity index (χ2n) is 3.31. The summed E-state index contributed by atoms with van der Waals surface area (Å²) < 4.78 is 0.653. The molecule has 0 bridgehead atoms. The molecule has 0 spiro atoms. The molecule has 2 heterocycles. The van der Waals surface area contributed by atoms with Gasteiger partial charge in [-0.3, -0.25) is 9.78 Å². The van der Waals surface area contributed by atoms with Crippen molar-refractivity contribution in [1.82, 2.24) is 9.97 Å². The highest BCUT2D eigenvalue weighted by Gasteiger charge is 2.13. The Kier molecular flexibility index (Phi) is 3.10. The maximum Gasteiger partial charge on any atom is 0.213 e. The molecular formula is C12H9BrN2O. The van der Waals surface area contributed by atoms with E-state index in [1.807, 2.05) is 6.92 Å². The topological polar surface area (TPSA) is 42.9 Å². The number of aryl methyl sites for hydroxylation is 1. The van der Waals surface area contributed by atoms with Crippen molar-refractivity contribution in [2.24, 2.45) is 0 Å². The molecule has 0 aliphatic carbocycles. The van der Waals surface area contributed by atoms with E-state index in [0.29, 0.717) is 21.6 Å². The van der Waals surface area contributed by atoms with E-state index < -0.39 is 0 Å². The molecule has 0 saturated heterocycles. The number of carbonyl (C=O) groups excluding carboxylic acids is 1. The van der Waals surface area contributed by atoms with Gasteiger partial charge in [0.15, 0.2) is 0 Å². The zero-order valence-corrected chi connectivity index (χ0v) is 10.2. The Morgan fingerprint density at radius 3 is 2.75 bits per heavy atom. The smallest absolute Gasteiger partial charge is 0.213 e. The van der Waals surface area contributed by atoms with Crippen LogP contribution in [0.3, 0.4) is 0 Å². The van der Waals surface area contributed by atoms with Crippen LogP contribution < -0.4 is 0 Å². The highest BCUT2D eigenvalue weighted by molar-refractivity contribution is 9.10. The van der Waals surface area contributed by atoms with E-state index >= 15 is 0 Å². The van der Waals surface area contributed by atoms with Crippen LogP contribution in [0.2, 0.25) is 0 Å². The summed E-state index contributed by atoms with van der Waals surface area (Å²) in [6.07, 6.45) is 1.67. The number of pyridine rings is 2.